The molecule has 1 aromatic carbocycles. The number of H-pyrrole nitrogens is 2. The number of hydrogen-bond donors (Lipinski definition) is 4. The summed E-state index contributed by atoms with van der Waals surface area (Å²) in [6.45, 7) is 0. The summed E-state index contributed by atoms with van der Waals surface area (Å²) in [6, 6.07) is 1.17. The van der Waals surface area contributed by atoms with Crippen LogP contribution in [-0.2, 0) is 10.7 Å². The molecule has 4 N–H and O–H groups in total. The predicted molar refractivity (Wildman–Crippen MR) is 75.3 cm³/mol. The number of aromatic nitrogens is 2. The van der Waals surface area contributed by atoms with Crippen LogP contribution in [0.5, 0.6) is 0 Å². The Kier molecular flexibility index (Phi) is 3.85. The Labute approximate surface area is 123 Å². The van der Waals surface area contributed by atoms with Crippen LogP contribution in [0.4, 0.5) is 5.69 Å². The third-order valence-electron chi connectivity index (χ3n) is 2.59. The fourth-order valence-corrected chi connectivity index (χ4v) is 3.17. The van der Waals surface area contributed by atoms with Crippen molar-refractivity contribution in [2.24, 2.45) is 0 Å². The third kappa shape index (κ3) is 3.10. The van der Waals surface area contributed by atoms with Crippen molar-refractivity contribution in [2.75, 3.05) is 0 Å². The van der Waals surface area contributed by atoms with Crippen LogP contribution in [0.1, 0.15) is 5.56 Å². The molecule has 0 saturated heterocycles. The van der Waals surface area contributed by atoms with E-state index in [0.29, 0.717) is 0 Å². The van der Waals surface area contributed by atoms with Gasteiger partial charge in [0.1, 0.15) is 0 Å². The summed E-state index contributed by atoms with van der Waals surface area (Å²) < 4.78 is 11.1. The third-order valence-corrected chi connectivity index (χ3v) is 3.93. The van der Waals surface area contributed by atoms with Gasteiger partial charge in [0, 0.05) is 0 Å². The van der Waals surface area contributed by atoms with Gasteiger partial charge in [-0.15, -0.1) is 0 Å². The number of nitrogens with zero attached hydrogens (tertiary/aromatic N) is 1. The molecule has 10 nitrogen and oxygen atoms in total. The van der Waals surface area contributed by atoms with E-state index in [2.05, 4.69) is 25.9 Å². The van der Waals surface area contributed by atoms with E-state index in [0.717, 1.165) is 0 Å². The SMILES string of the molecule is O=c1[nH]c2cc(Br)c([N+](=O)[O-])c(CP(=O)(O)O)c2[nH]c1=O. The highest BCUT2D eigenvalue weighted by molar-refractivity contribution is 9.10. The largest absolute Gasteiger partial charge is 0.330 e. The molecule has 0 aliphatic carbocycles. The van der Waals surface area contributed by atoms with Crippen molar-refractivity contribution in [3.8, 4) is 0 Å². The van der Waals surface area contributed by atoms with Crippen molar-refractivity contribution in [1.29, 1.82) is 0 Å². The van der Waals surface area contributed by atoms with Gasteiger partial charge in [0.15, 0.2) is 0 Å². The Hall–Kier alpha value is -1.81. The molecular weight excluding hydrogens is 373 g/mol. The number of aromatic amines is 2. The second kappa shape index (κ2) is 5.19. The highest BCUT2D eigenvalue weighted by atomic mass is 79.9. The Morgan fingerprint density at radius 3 is 2.38 bits per heavy atom. The first-order valence-electron chi connectivity index (χ1n) is 5.27. The van der Waals surface area contributed by atoms with Crippen molar-refractivity contribution >= 4 is 40.2 Å². The van der Waals surface area contributed by atoms with Crippen molar-refractivity contribution in [2.45, 2.75) is 6.16 Å². The number of halogens is 1. The number of fused-ring (bicyclic) bond motifs is 1. The Balaban J connectivity index is 2.99. The molecular formula is C9H7BrN3O7P. The molecule has 0 atom stereocenters. The first-order valence-corrected chi connectivity index (χ1v) is 7.86. The highest BCUT2D eigenvalue weighted by Gasteiger charge is 2.28. The molecule has 1 aromatic heterocycles. The van der Waals surface area contributed by atoms with Gasteiger partial charge < -0.3 is 19.8 Å². The summed E-state index contributed by atoms with van der Waals surface area (Å²) >= 11 is 2.91. The maximum absolute atomic E-state index is 11.3. The number of hydrogen-bond acceptors (Lipinski definition) is 5. The smallest absolute Gasteiger partial charge is 0.324 e. The number of nitro benzene ring substituents is 1. The average molecular weight is 380 g/mol. The summed E-state index contributed by atoms with van der Waals surface area (Å²) in [7, 11) is -4.64. The van der Waals surface area contributed by atoms with Crippen LogP contribution in [0.3, 0.4) is 0 Å². The van der Waals surface area contributed by atoms with Crippen LogP contribution in [0.25, 0.3) is 11.0 Å². The zero-order valence-corrected chi connectivity index (χ0v) is 12.5. The second-order valence-corrected chi connectivity index (χ2v) is 6.60. The van der Waals surface area contributed by atoms with Crippen LogP contribution < -0.4 is 11.1 Å². The van der Waals surface area contributed by atoms with E-state index in [9.17, 15) is 24.3 Å². The zero-order valence-electron chi connectivity index (χ0n) is 9.99. The number of nitro groups is 1. The Bertz CT molecular complexity index is 912. The zero-order chi connectivity index (χ0) is 15.9. The maximum Gasteiger partial charge on any atom is 0.330 e. The minimum Gasteiger partial charge on any atom is -0.324 e. The molecule has 21 heavy (non-hydrogen) atoms. The molecule has 0 fully saturated rings. The standard InChI is InChI=1S/C9H7BrN3O7P/c10-4-1-5-6(12-9(15)8(14)11-5)3(2-21(18,19)20)7(4)13(16)17/h1H,2H2,(H,11,14)(H,12,15)(H2,18,19,20). The lowest BCUT2D eigenvalue weighted by Crippen LogP contribution is -2.29. The fraction of sp³-hybridized carbons (Fsp3) is 0.111. The fourth-order valence-electron chi connectivity index (χ4n) is 1.84. The van der Waals surface area contributed by atoms with E-state index in [1.54, 1.807) is 0 Å². The Morgan fingerprint density at radius 2 is 1.86 bits per heavy atom. The minimum atomic E-state index is -4.64. The van der Waals surface area contributed by atoms with Gasteiger partial charge in [0.2, 0.25) is 0 Å². The van der Waals surface area contributed by atoms with Gasteiger partial charge in [0.05, 0.1) is 32.2 Å². The number of nitrogens with one attached hydrogen (secondary N) is 2. The van der Waals surface area contributed by atoms with Gasteiger partial charge in [-0.05, 0) is 22.0 Å². The monoisotopic (exact) mass is 379 g/mol. The van der Waals surface area contributed by atoms with Gasteiger partial charge in [0.25, 0.3) is 5.69 Å². The van der Waals surface area contributed by atoms with Gasteiger partial charge in [-0.3, -0.25) is 24.3 Å². The molecule has 2 rings (SSSR count). The number of benzene rings is 1. The van der Waals surface area contributed by atoms with Crippen molar-refractivity contribution in [1.82, 2.24) is 9.97 Å². The normalized spacial score (nSPS) is 11.8. The van der Waals surface area contributed by atoms with Crippen molar-refractivity contribution < 1.29 is 19.3 Å². The van der Waals surface area contributed by atoms with Crippen LogP contribution in [0, 0.1) is 10.1 Å². The van der Waals surface area contributed by atoms with Crippen LogP contribution >= 0.6 is 23.5 Å². The van der Waals surface area contributed by atoms with Gasteiger partial charge in [-0.25, -0.2) is 0 Å². The van der Waals surface area contributed by atoms with E-state index in [4.69, 9.17) is 9.79 Å². The van der Waals surface area contributed by atoms with E-state index in [1.165, 1.54) is 6.07 Å². The lowest BCUT2D eigenvalue weighted by atomic mass is 10.1. The number of rotatable bonds is 3. The molecule has 0 amide bonds. The highest BCUT2D eigenvalue weighted by Crippen LogP contribution is 2.45. The first kappa shape index (κ1) is 15.6. The first-order chi connectivity index (χ1) is 9.60. The molecule has 112 valence electrons. The molecule has 1 heterocycles. The molecule has 12 heteroatoms. The molecule has 0 unspecified atom stereocenters. The predicted octanol–water partition coefficient (Wildman–Crippen LogP) is 0.565. The minimum absolute atomic E-state index is 0.0144. The molecule has 0 aliphatic rings. The quantitative estimate of drug-likeness (QED) is 0.261. The van der Waals surface area contributed by atoms with Crippen molar-refractivity contribution in [3.63, 3.8) is 0 Å². The van der Waals surface area contributed by atoms with Crippen LogP contribution in [-0.4, -0.2) is 24.7 Å². The summed E-state index contributed by atoms with van der Waals surface area (Å²) in [6.07, 6.45) is -0.957. The summed E-state index contributed by atoms with van der Waals surface area (Å²) in [5.74, 6) is 0. The average Bonchev–Trinajstić information content (AvgIpc) is 2.29. The Morgan fingerprint density at radius 1 is 1.29 bits per heavy atom. The van der Waals surface area contributed by atoms with Crippen LogP contribution in [0.15, 0.2) is 20.1 Å². The molecule has 0 radical (unpaired) electrons. The van der Waals surface area contributed by atoms with E-state index >= 15 is 0 Å². The van der Waals surface area contributed by atoms with E-state index < -0.39 is 35.5 Å². The van der Waals surface area contributed by atoms with Gasteiger partial charge in [-0.1, -0.05) is 0 Å². The molecule has 0 spiro atoms. The van der Waals surface area contributed by atoms with E-state index in [1.807, 2.05) is 0 Å². The van der Waals surface area contributed by atoms with E-state index in [-0.39, 0.29) is 21.1 Å². The summed E-state index contributed by atoms with van der Waals surface area (Å²) in [5, 5.41) is 11.1. The van der Waals surface area contributed by atoms with Gasteiger partial charge >= 0.3 is 18.7 Å². The van der Waals surface area contributed by atoms with Crippen LogP contribution in [0.2, 0.25) is 0 Å². The summed E-state index contributed by atoms with van der Waals surface area (Å²) in [5.41, 5.74) is -3.20. The summed E-state index contributed by atoms with van der Waals surface area (Å²) in [4.78, 5) is 55.3. The lowest BCUT2D eigenvalue weighted by molar-refractivity contribution is -0.386. The maximum atomic E-state index is 11.3. The van der Waals surface area contributed by atoms with Crippen molar-refractivity contribution in [3.05, 3.63) is 46.9 Å². The second-order valence-electron chi connectivity index (χ2n) is 4.10. The molecule has 0 saturated carbocycles. The van der Waals surface area contributed by atoms with Gasteiger partial charge in [-0.2, -0.15) is 0 Å². The molecule has 2 aromatic rings. The molecule has 0 aliphatic heterocycles. The topological polar surface area (TPSA) is 166 Å². The molecule has 0 bridgehead atoms. The lowest BCUT2D eigenvalue weighted by Gasteiger charge is -2.09.